The second-order valence-corrected chi connectivity index (χ2v) is 6.21. The number of piperidine rings is 1. The van der Waals surface area contributed by atoms with Crippen LogP contribution in [-0.4, -0.2) is 25.5 Å². The average molecular weight is 309 g/mol. The van der Waals surface area contributed by atoms with Crippen LogP contribution in [0.25, 0.3) is 0 Å². The van der Waals surface area contributed by atoms with Crippen LogP contribution in [0.15, 0.2) is 30.3 Å². The van der Waals surface area contributed by atoms with Crippen molar-refractivity contribution in [2.75, 3.05) is 19.6 Å². The van der Waals surface area contributed by atoms with Gasteiger partial charge in [0, 0.05) is 6.54 Å². The molecule has 1 aliphatic heterocycles. The van der Waals surface area contributed by atoms with Crippen molar-refractivity contribution in [3.8, 4) is 0 Å². The highest BCUT2D eigenvalue weighted by molar-refractivity contribution is 5.91. The number of nitrogens with one attached hydrogen (secondary N) is 2. The quantitative estimate of drug-likeness (QED) is 0.878. The van der Waals surface area contributed by atoms with Gasteiger partial charge in [-0.3, -0.25) is 4.79 Å². The minimum absolute atomic E-state index is 0. The van der Waals surface area contributed by atoms with Crippen molar-refractivity contribution in [2.24, 2.45) is 5.92 Å². The first-order chi connectivity index (χ1) is 9.81. The van der Waals surface area contributed by atoms with E-state index < -0.39 is 0 Å². The van der Waals surface area contributed by atoms with E-state index in [9.17, 15) is 4.79 Å². The Morgan fingerprint density at radius 3 is 2.67 bits per heavy atom. The van der Waals surface area contributed by atoms with Crippen molar-refractivity contribution in [3.05, 3.63) is 35.9 Å². The number of halogens is 1. The number of carbonyl (C=O) groups excluding carboxylic acids is 1. The van der Waals surface area contributed by atoms with E-state index in [1.165, 1.54) is 18.4 Å². The van der Waals surface area contributed by atoms with E-state index >= 15 is 0 Å². The van der Waals surface area contributed by atoms with Crippen molar-refractivity contribution in [3.63, 3.8) is 0 Å². The average Bonchev–Trinajstić information content (AvgIpc) is 3.31. The van der Waals surface area contributed by atoms with Gasteiger partial charge in [-0.05, 0) is 56.7 Å². The zero-order chi connectivity index (χ0) is 13.8. The van der Waals surface area contributed by atoms with E-state index in [2.05, 4.69) is 22.8 Å². The smallest absolute Gasteiger partial charge is 0.230 e. The highest BCUT2D eigenvalue weighted by Gasteiger charge is 2.50. The number of carbonyl (C=O) groups is 1. The molecule has 0 aromatic heterocycles. The standard InChI is InChI=1S/C17H24N2O.ClH/c20-16(19-12-8-14-5-4-11-18-13-14)17(9-10-17)15-6-2-1-3-7-15;/h1-3,6-7,14,18H,4-5,8-13H2,(H,19,20);1H. The van der Waals surface area contributed by atoms with Crippen LogP contribution in [0, 0.1) is 5.92 Å². The van der Waals surface area contributed by atoms with E-state index in [0.29, 0.717) is 0 Å². The number of amides is 1. The van der Waals surface area contributed by atoms with Gasteiger partial charge < -0.3 is 10.6 Å². The lowest BCUT2D eigenvalue weighted by Crippen LogP contribution is -2.37. The molecule has 1 saturated heterocycles. The van der Waals surface area contributed by atoms with Gasteiger partial charge in [0.05, 0.1) is 5.41 Å². The fourth-order valence-electron chi connectivity index (χ4n) is 3.26. The predicted molar refractivity (Wildman–Crippen MR) is 87.8 cm³/mol. The zero-order valence-corrected chi connectivity index (χ0v) is 13.3. The largest absolute Gasteiger partial charge is 0.355 e. The van der Waals surface area contributed by atoms with Gasteiger partial charge in [0.15, 0.2) is 0 Å². The van der Waals surface area contributed by atoms with Gasteiger partial charge in [-0.15, -0.1) is 12.4 Å². The first-order valence-corrected chi connectivity index (χ1v) is 7.86. The third-order valence-electron chi connectivity index (χ3n) is 4.75. The van der Waals surface area contributed by atoms with Crippen molar-refractivity contribution in [2.45, 2.75) is 37.5 Å². The van der Waals surface area contributed by atoms with Gasteiger partial charge in [0.1, 0.15) is 0 Å². The summed E-state index contributed by atoms with van der Waals surface area (Å²) in [6.07, 6.45) is 5.66. The van der Waals surface area contributed by atoms with Gasteiger partial charge in [-0.25, -0.2) is 0 Å². The fourth-order valence-corrected chi connectivity index (χ4v) is 3.26. The molecule has 3 rings (SSSR count). The van der Waals surface area contributed by atoms with Crippen molar-refractivity contribution >= 4 is 18.3 Å². The van der Waals surface area contributed by atoms with Crippen LogP contribution in [0.5, 0.6) is 0 Å². The highest BCUT2D eigenvalue weighted by Crippen LogP contribution is 2.48. The highest BCUT2D eigenvalue weighted by atomic mass is 35.5. The van der Waals surface area contributed by atoms with Crippen LogP contribution in [0.3, 0.4) is 0 Å². The Bertz CT molecular complexity index is 453. The molecule has 1 aromatic rings. The Kier molecular flexibility index (Phi) is 5.65. The molecule has 0 spiro atoms. The Morgan fingerprint density at radius 1 is 1.29 bits per heavy atom. The van der Waals surface area contributed by atoms with Gasteiger partial charge in [0.25, 0.3) is 0 Å². The molecule has 0 bridgehead atoms. The van der Waals surface area contributed by atoms with E-state index in [1.54, 1.807) is 0 Å². The summed E-state index contributed by atoms with van der Waals surface area (Å²) in [6, 6.07) is 10.2. The monoisotopic (exact) mass is 308 g/mol. The molecular formula is C17H25ClN2O. The summed E-state index contributed by atoms with van der Waals surface area (Å²) < 4.78 is 0. The van der Waals surface area contributed by atoms with E-state index in [1.807, 2.05) is 18.2 Å². The molecule has 116 valence electrons. The molecule has 2 aliphatic rings. The maximum absolute atomic E-state index is 12.4. The summed E-state index contributed by atoms with van der Waals surface area (Å²) in [4.78, 5) is 12.4. The molecular weight excluding hydrogens is 284 g/mol. The summed E-state index contributed by atoms with van der Waals surface area (Å²) in [5, 5.41) is 6.59. The van der Waals surface area contributed by atoms with Gasteiger partial charge in [-0.2, -0.15) is 0 Å². The van der Waals surface area contributed by atoms with Crippen LogP contribution in [0.1, 0.15) is 37.7 Å². The van der Waals surface area contributed by atoms with Crippen LogP contribution in [-0.2, 0) is 10.2 Å². The third-order valence-corrected chi connectivity index (χ3v) is 4.75. The van der Waals surface area contributed by atoms with Crippen molar-refractivity contribution in [1.82, 2.24) is 10.6 Å². The second-order valence-electron chi connectivity index (χ2n) is 6.21. The summed E-state index contributed by atoms with van der Waals surface area (Å²) in [5.41, 5.74) is 0.961. The molecule has 1 heterocycles. The third kappa shape index (κ3) is 3.78. The van der Waals surface area contributed by atoms with Gasteiger partial charge >= 0.3 is 0 Å². The Labute approximate surface area is 133 Å². The van der Waals surface area contributed by atoms with Crippen LogP contribution < -0.4 is 10.6 Å². The SMILES string of the molecule is Cl.O=C(NCCC1CCCNC1)C1(c2ccccc2)CC1. The molecule has 2 fully saturated rings. The van der Waals surface area contributed by atoms with Crippen LogP contribution in [0.4, 0.5) is 0 Å². The molecule has 1 aliphatic carbocycles. The lowest BCUT2D eigenvalue weighted by atomic mass is 9.94. The van der Waals surface area contributed by atoms with Crippen LogP contribution in [0.2, 0.25) is 0 Å². The minimum atomic E-state index is -0.216. The molecule has 2 N–H and O–H groups in total. The molecule has 1 atom stereocenters. The maximum atomic E-state index is 12.4. The summed E-state index contributed by atoms with van der Waals surface area (Å²) in [6.45, 7) is 3.08. The summed E-state index contributed by atoms with van der Waals surface area (Å²) >= 11 is 0. The molecule has 21 heavy (non-hydrogen) atoms. The maximum Gasteiger partial charge on any atom is 0.230 e. The van der Waals surface area contributed by atoms with Crippen LogP contribution >= 0.6 is 12.4 Å². The number of hydrogen-bond donors (Lipinski definition) is 2. The molecule has 4 heteroatoms. The Morgan fingerprint density at radius 2 is 2.05 bits per heavy atom. The van der Waals surface area contributed by atoms with E-state index in [0.717, 1.165) is 44.8 Å². The molecule has 1 aromatic carbocycles. The molecule has 3 nitrogen and oxygen atoms in total. The number of hydrogen-bond acceptors (Lipinski definition) is 2. The van der Waals surface area contributed by atoms with Gasteiger partial charge in [-0.1, -0.05) is 30.3 Å². The predicted octanol–water partition coefficient (Wildman–Crippen LogP) is 2.65. The van der Waals surface area contributed by atoms with E-state index in [4.69, 9.17) is 0 Å². The number of benzene rings is 1. The van der Waals surface area contributed by atoms with Gasteiger partial charge in [0.2, 0.25) is 5.91 Å². The summed E-state index contributed by atoms with van der Waals surface area (Å²) in [5.74, 6) is 0.961. The lowest BCUT2D eigenvalue weighted by Gasteiger charge is -2.23. The molecule has 1 amide bonds. The van der Waals surface area contributed by atoms with Crippen molar-refractivity contribution in [1.29, 1.82) is 0 Å². The zero-order valence-electron chi connectivity index (χ0n) is 12.4. The first kappa shape index (κ1) is 16.3. The molecule has 1 saturated carbocycles. The topological polar surface area (TPSA) is 41.1 Å². The Hall–Kier alpha value is -1.06. The van der Waals surface area contributed by atoms with E-state index in [-0.39, 0.29) is 23.7 Å². The molecule has 1 unspecified atom stereocenters. The molecule has 0 radical (unpaired) electrons. The van der Waals surface area contributed by atoms with Crippen molar-refractivity contribution < 1.29 is 4.79 Å². The Balaban J connectivity index is 0.00000161. The first-order valence-electron chi connectivity index (χ1n) is 7.86. The number of rotatable bonds is 5. The minimum Gasteiger partial charge on any atom is -0.355 e. The normalized spacial score (nSPS) is 23.0. The second kappa shape index (κ2) is 7.28. The lowest BCUT2D eigenvalue weighted by molar-refractivity contribution is -0.123. The fraction of sp³-hybridized carbons (Fsp3) is 0.588. The summed E-state index contributed by atoms with van der Waals surface area (Å²) in [7, 11) is 0.